The summed E-state index contributed by atoms with van der Waals surface area (Å²) in [6.07, 6.45) is 5.06. The molecular weight excluding hydrogens is 1020 g/mol. The Balaban J connectivity index is 0.00000740. The minimum absolute atomic E-state index is 0. The molecule has 0 radical (unpaired) electrons. The van der Waals surface area contributed by atoms with Gasteiger partial charge in [0.1, 0.15) is 29.0 Å². The van der Waals surface area contributed by atoms with E-state index < -0.39 is 76.7 Å². The average molecular weight is 1080 g/mol. The predicted molar refractivity (Wildman–Crippen MR) is 269 cm³/mol. The summed E-state index contributed by atoms with van der Waals surface area (Å²) in [6, 6.07) is 29.5. The van der Waals surface area contributed by atoms with E-state index in [-0.39, 0.29) is 49.0 Å². The molecule has 0 amide bonds. The van der Waals surface area contributed by atoms with Crippen molar-refractivity contribution < 1.29 is 48.7 Å². The van der Waals surface area contributed by atoms with E-state index in [4.69, 9.17) is 38.4 Å². The number of para-hydroxylation sites is 2. The molecule has 9 heteroatoms. The number of rotatable bonds is 8. The van der Waals surface area contributed by atoms with Crippen molar-refractivity contribution >= 4 is 39.2 Å². The van der Waals surface area contributed by atoms with Crippen LogP contribution in [0.25, 0.3) is 61.3 Å². The minimum Gasteiger partial charge on any atom is -0.508 e. The Kier molecular flexibility index (Phi) is 9.21. The fourth-order valence-corrected chi connectivity index (χ4v) is 7.86. The summed E-state index contributed by atoms with van der Waals surface area (Å²) in [5, 5.41) is 1.83. The van der Waals surface area contributed by atoms with Crippen molar-refractivity contribution in [1.29, 1.82) is 0 Å². The predicted octanol–water partition coefficient (Wildman–Crippen LogP) is 14.3. The Morgan fingerprint density at radius 1 is 0.618 bits per heavy atom. The second kappa shape index (κ2) is 17.8. The number of hydrogen-bond acceptors (Lipinski definition) is 5. The van der Waals surface area contributed by atoms with Crippen molar-refractivity contribution in [1.82, 2.24) is 24.5 Å². The molecule has 10 rings (SSSR count). The smallest absolute Gasteiger partial charge is 0.508 e. The summed E-state index contributed by atoms with van der Waals surface area (Å²) < 4.78 is 99.3. The zero-order valence-corrected chi connectivity index (χ0v) is 41.4. The summed E-state index contributed by atoms with van der Waals surface area (Å²) >= 11 is 0. The van der Waals surface area contributed by atoms with Gasteiger partial charge < -0.3 is 9.30 Å². The molecule has 338 valence electrons. The normalized spacial score (nSPS) is 14.9. The number of fused-ring (bicyclic) bond motifs is 3. The van der Waals surface area contributed by atoms with Crippen LogP contribution in [0.3, 0.4) is 0 Å². The summed E-state index contributed by atoms with van der Waals surface area (Å²) in [5.74, 6) is 2.91. The minimum atomic E-state index is -0.581. The molecule has 9 aromatic rings. The summed E-state index contributed by atoms with van der Waals surface area (Å²) in [6.45, 7) is 18.6. The molecule has 4 heterocycles. The van der Waals surface area contributed by atoms with Gasteiger partial charge in [-0.3, -0.25) is 0 Å². The Labute approximate surface area is 427 Å². The van der Waals surface area contributed by atoms with Crippen LogP contribution in [0.4, 0.5) is 11.4 Å². The first-order valence-corrected chi connectivity index (χ1v) is 22.0. The van der Waals surface area contributed by atoms with E-state index in [1.54, 1.807) is 41.4 Å². The molecule has 8 nitrogen and oxygen atoms in total. The van der Waals surface area contributed by atoms with Gasteiger partial charge >= 0.3 is 27.1 Å². The van der Waals surface area contributed by atoms with Crippen LogP contribution >= 0.6 is 0 Å². The van der Waals surface area contributed by atoms with Gasteiger partial charge in [0.05, 0.1) is 24.8 Å². The summed E-state index contributed by atoms with van der Waals surface area (Å²) in [5.41, 5.74) is 2.24. The standard InChI is InChI=1S/C59H53N7O.Pt/c1-57(2,3)41-33-42(64-31-32-65(38-64)53-44(39-21-12-10-13-22-39)26-20-27-45(53)40-23-14-11-15-24-40)35-43(34-41)67-51-37-50-47(46-25-16-17-28-49(46)66(50)52-29-18-19-30-60-52)36-48(51)54-61-55(58(4,5)6)63-56(62-54)59(7,8)9;/h10-34,36H,1-9H3;/q;+2/i10D,11D,12D,13D,14D,15D,21D,22D,23D,24D;. The molecule has 0 unspecified atom stereocenters. The third-order valence-electron chi connectivity index (χ3n) is 11.3. The van der Waals surface area contributed by atoms with Crippen molar-refractivity contribution in [3.05, 3.63) is 187 Å². The largest absolute Gasteiger partial charge is 2.00 e. The van der Waals surface area contributed by atoms with Crippen molar-refractivity contribution in [3.8, 4) is 51.0 Å². The second-order valence-electron chi connectivity index (χ2n) is 19.4. The van der Waals surface area contributed by atoms with Gasteiger partial charge in [0.25, 0.3) is 12.4 Å². The van der Waals surface area contributed by atoms with Crippen molar-refractivity contribution in [2.45, 2.75) is 78.6 Å². The molecule has 0 bridgehead atoms. The summed E-state index contributed by atoms with van der Waals surface area (Å²) in [7, 11) is 0. The van der Waals surface area contributed by atoms with Crippen LogP contribution in [0, 0.1) is 12.1 Å². The molecular formula is C59H53N7OPt+2. The molecule has 6 aromatic carbocycles. The molecule has 0 aliphatic carbocycles. The first-order valence-electron chi connectivity index (χ1n) is 27.0. The number of benzene rings is 6. The van der Waals surface area contributed by atoms with Gasteiger partial charge in [0, 0.05) is 34.0 Å². The molecule has 0 spiro atoms. The number of ether oxygens (including phenoxy) is 1. The van der Waals surface area contributed by atoms with E-state index in [0.717, 1.165) is 21.9 Å². The Bertz CT molecular complexity index is 3900. The molecule has 0 saturated carbocycles. The van der Waals surface area contributed by atoms with Crippen molar-refractivity contribution in [3.63, 3.8) is 0 Å². The van der Waals surface area contributed by atoms with E-state index in [2.05, 4.69) is 86.5 Å². The Morgan fingerprint density at radius 3 is 1.84 bits per heavy atom. The van der Waals surface area contributed by atoms with Gasteiger partial charge in [-0.15, -0.1) is 29.1 Å². The van der Waals surface area contributed by atoms with Gasteiger partial charge in [-0.2, -0.15) is 0 Å². The zero-order chi connectivity index (χ0) is 55.4. The van der Waals surface area contributed by atoms with Crippen LogP contribution < -0.4 is 4.74 Å². The Morgan fingerprint density at radius 2 is 1.24 bits per heavy atom. The van der Waals surface area contributed by atoms with Crippen LogP contribution in [0.15, 0.2) is 158 Å². The molecule has 0 atom stereocenters. The maximum absolute atomic E-state index is 9.01. The number of nitrogens with zero attached hydrogens (tertiary/aromatic N) is 7. The van der Waals surface area contributed by atoms with E-state index in [1.165, 1.54) is 4.58 Å². The van der Waals surface area contributed by atoms with E-state index in [0.29, 0.717) is 51.6 Å². The molecule has 0 fully saturated rings. The van der Waals surface area contributed by atoms with Crippen LogP contribution in [0.2, 0.25) is 0 Å². The van der Waals surface area contributed by atoms with Gasteiger partial charge in [-0.25, -0.2) is 19.9 Å². The quantitative estimate of drug-likeness (QED) is 0.112. The van der Waals surface area contributed by atoms with Crippen LogP contribution in [0.1, 0.15) is 93.2 Å². The first kappa shape index (κ1) is 35.1. The van der Waals surface area contributed by atoms with Gasteiger partial charge in [0.15, 0.2) is 0 Å². The average Bonchev–Trinajstić information content (AvgIpc) is 4.12. The molecule has 1 aliphatic rings. The number of aromatic nitrogens is 5. The first-order chi connectivity index (χ1) is 36.2. The molecule has 3 aromatic heterocycles. The van der Waals surface area contributed by atoms with E-state index in [9.17, 15) is 0 Å². The van der Waals surface area contributed by atoms with E-state index >= 15 is 0 Å². The number of hydrogen-bond donors (Lipinski definition) is 0. The number of pyridine rings is 1. The van der Waals surface area contributed by atoms with Gasteiger partial charge in [0.2, 0.25) is 5.69 Å². The van der Waals surface area contributed by atoms with Crippen LogP contribution in [-0.4, -0.2) is 39.7 Å². The zero-order valence-electron chi connectivity index (χ0n) is 49.1. The van der Waals surface area contributed by atoms with Crippen molar-refractivity contribution in [2.75, 3.05) is 0 Å². The fourth-order valence-electron chi connectivity index (χ4n) is 7.86. The second-order valence-corrected chi connectivity index (χ2v) is 19.4. The SMILES string of the molecule is [2H]c1c([2H])c([2H])c(-c2cccc(-c3c([2H])c([2H])c([2H])c([2H])c3[2H])c2[N+]2=C=[N+](c3[c-]c(Oc4[c-]c5c(cc4-c4nc(C(C)(C)C)nc(C(C)(C)C)n4)c4ccccc4n5-c4ccccn4)cc(C(C)(C)C)c3)C=C2)c([2H])c1[2H].[Pt+2]. The Hall–Kier alpha value is -7.11. The maximum atomic E-state index is 9.01. The molecule has 1 aliphatic heterocycles. The van der Waals surface area contributed by atoms with Crippen LogP contribution in [0.5, 0.6) is 11.5 Å². The molecule has 0 saturated heterocycles. The van der Waals surface area contributed by atoms with Crippen LogP contribution in [-0.2, 0) is 37.3 Å². The topological polar surface area (TPSA) is 71.7 Å². The van der Waals surface area contributed by atoms with E-state index in [1.807, 2.05) is 59.2 Å². The summed E-state index contributed by atoms with van der Waals surface area (Å²) in [4.78, 5) is 20.0. The molecule has 0 N–H and O–H groups in total. The van der Waals surface area contributed by atoms with Gasteiger partial charge in [-0.1, -0.05) is 180 Å². The third kappa shape index (κ3) is 8.90. The monoisotopic (exact) mass is 1080 g/mol. The van der Waals surface area contributed by atoms with Crippen molar-refractivity contribution in [2.24, 2.45) is 0 Å². The maximum Gasteiger partial charge on any atom is 2.00 e. The fraction of sp³-hybridized carbons (Fsp3) is 0.203. The van der Waals surface area contributed by atoms with Gasteiger partial charge in [-0.05, 0) is 57.8 Å². The molecule has 68 heavy (non-hydrogen) atoms. The third-order valence-corrected chi connectivity index (χ3v) is 11.3.